The first-order valence-corrected chi connectivity index (χ1v) is 19.6. The van der Waals surface area contributed by atoms with E-state index >= 15 is 0 Å². The van der Waals surface area contributed by atoms with Crippen LogP contribution in [0.5, 0.6) is 0 Å². The Kier molecular flexibility index (Phi) is 6.07. The Hall–Kier alpha value is -4.02. The quantitative estimate of drug-likeness (QED) is 0.161. The number of para-hydroxylation sites is 1. The van der Waals surface area contributed by atoms with E-state index in [1.165, 1.54) is 102 Å². The lowest BCUT2D eigenvalue weighted by Crippen LogP contribution is -2.64. The minimum Gasteiger partial charge on any atom is -0.376 e. The molecule has 4 heteroatoms. The highest BCUT2D eigenvalue weighted by molar-refractivity contribution is 7.25. The van der Waals surface area contributed by atoms with Gasteiger partial charge in [-0.3, -0.25) is 0 Å². The summed E-state index contributed by atoms with van der Waals surface area (Å²) in [5.74, 6) is 0. The number of anilines is 4. The molecular weight excluding hydrogens is 623 g/mol. The van der Waals surface area contributed by atoms with Crippen molar-refractivity contribution in [1.82, 2.24) is 0 Å². The second kappa shape index (κ2) is 9.85. The zero-order chi connectivity index (χ0) is 34.5. The van der Waals surface area contributed by atoms with E-state index in [-0.39, 0.29) is 28.6 Å². The molecule has 0 bridgehead atoms. The van der Waals surface area contributed by atoms with Crippen molar-refractivity contribution in [2.75, 3.05) is 9.71 Å². The second-order valence-electron chi connectivity index (χ2n) is 18.1. The van der Waals surface area contributed by atoms with Crippen LogP contribution in [0, 0.1) is 0 Å². The molecule has 4 heterocycles. The SMILES string of the molecule is CC(C)(C)c1cc2c3c(c1)N1c4c(cc(C(C)(C)C)cc4C4(C)CCCCC14C)B3N(c1ccccc1)c1cc3sc4ccccc4c3cc1-2. The molecule has 4 aliphatic rings. The Labute approximate surface area is 302 Å². The topological polar surface area (TPSA) is 6.48 Å². The number of benzene rings is 5. The van der Waals surface area contributed by atoms with Crippen LogP contribution in [0.1, 0.15) is 97.8 Å². The minimum absolute atomic E-state index is 0.000538. The van der Waals surface area contributed by atoms with Gasteiger partial charge in [-0.2, -0.15) is 0 Å². The average molecular weight is 671 g/mol. The van der Waals surface area contributed by atoms with Crippen molar-refractivity contribution in [2.45, 2.75) is 103 Å². The van der Waals surface area contributed by atoms with Crippen LogP contribution in [0.4, 0.5) is 22.7 Å². The molecule has 0 amide bonds. The van der Waals surface area contributed by atoms with Gasteiger partial charge in [0.05, 0.1) is 5.54 Å². The van der Waals surface area contributed by atoms with Gasteiger partial charge in [0.1, 0.15) is 0 Å². The van der Waals surface area contributed by atoms with Crippen molar-refractivity contribution in [1.29, 1.82) is 0 Å². The molecule has 1 fully saturated rings. The van der Waals surface area contributed by atoms with Crippen molar-refractivity contribution < 1.29 is 0 Å². The van der Waals surface area contributed by atoms with Crippen LogP contribution in [-0.2, 0) is 16.2 Å². The predicted molar refractivity (Wildman–Crippen MR) is 219 cm³/mol. The summed E-state index contributed by atoms with van der Waals surface area (Å²) >= 11 is 1.93. The molecule has 10 rings (SSSR count). The van der Waals surface area contributed by atoms with Gasteiger partial charge in [0.25, 0.3) is 0 Å². The molecule has 1 aromatic heterocycles. The summed E-state index contributed by atoms with van der Waals surface area (Å²) in [6.07, 6.45) is 5.02. The van der Waals surface area contributed by atoms with Gasteiger partial charge in [0.2, 0.25) is 0 Å². The maximum Gasteiger partial charge on any atom is 0.333 e. The van der Waals surface area contributed by atoms with Crippen LogP contribution in [0.15, 0.2) is 91.0 Å². The van der Waals surface area contributed by atoms with Gasteiger partial charge >= 0.3 is 6.85 Å². The van der Waals surface area contributed by atoms with Gasteiger partial charge in [0.15, 0.2) is 0 Å². The Morgan fingerprint density at radius 1 is 0.660 bits per heavy atom. The molecule has 5 aromatic carbocycles. The van der Waals surface area contributed by atoms with E-state index in [0.717, 1.165) is 0 Å². The van der Waals surface area contributed by atoms with Crippen LogP contribution in [-0.4, -0.2) is 12.4 Å². The molecule has 0 radical (unpaired) electrons. The first-order valence-electron chi connectivity index (χ1n) is 18.8. The maximum atomic E-state index is 2.89. The predicted octanol–water partition coefficient (Wildman–Crippen LogP) is 11.6. The standard InChI is InChI=1S/C46H47BN2S/c1-43(2,3)28-22-34-32-26-33-31-18-12-13-19-39(31)50-40(33)27-37(32)49(30-16-10-9-11-17-30)47-36-24-29(44(4,5)6)23-35-42(36)48(38(25-28)41(34)47)46(8)21-15-14-20-45(35,46)7/h9-13,16-19,22-27H,14-15,20-21H2,1-8H3. The van der Waals surface area contributed by atoms with Crippen LogP contribution < -0.4 is 20.6 Å². The number of rotatable bonds is 1. The molecule has 2 nitrogen and oxygen atoms in total. The third-order valence-electron chi connectivity index (χ3n) is 13.3. The van der Waals surface area contributed by atoms with Crippen LogP contribution in [0.25, 0.3) is 31.3 Å². The van der Waals surface area contributed by atoms with E-state index in [4.69, 9.17) is 0 Å². The Balaban J connectivity index is 1.40. The molecule has 2 unspecified atom stereocenters. The zero-order valence-electron chi connectivity index (χ0n) is 30.9. The van der Waals surface area contributed by atoms with Gasteiger partial charge in [0, 0.05) is 53.9 Å². The summed E-state index contributed by atoms with van der Waals surface area (Å²) < 4.78 is 2.72. The Bertz CT molecular complexity index is 2410. The number of fused-ring (bicyclic) bond motifs is 10. The van der Waals surface area contributed by atoms with Crippen molar-refractivity contribution in [3.63, 3.8) is 0 Å². The summed E-state index contributed by atoms with van der Waals surface area (Å²) in [7, 11) is 0. The van der Waals surface area contributed by atoms with Crippen LogP contribution in [0.2, 0.25) is 0 Å². The molecule has 6 aromatic rings. The summed E-state index contributed by atoms with van der Waals surface area (Å²) in [6, 6.07) is 35.7. The third kappa shape index (κ3) is 3.87. The zero-order valence-corrected chi connectivity index (χ0v) is 31.7. The van der Waals surface area contributed by atoms with E-state index in [2.05, 4.69) is 156 Å². The number of nitrogens with zero attached hydrogens (tertiary/aromatic N) is 2. The highest BCUT2D eigenvalue weighted by Gasteiger charge is 2.62. The van der Waals surface area contributed by atoms with Crippen molar-refractivity contribution in [2.24, 2.45) is 0 Å². The van der Waals surface area contributed by atoms with Crippen LogP contribution >= 0.6 is 11.3 Å². The lowest BCUT2D eigenvalue weighted by molar-refractivity contribution is 0.195. The van der Waals surface area contributed by atoms with Gasteiger partial charge in [-0.1, -0.05) is 116 Å². The normalized spacial score (nSPS) is 22.1. The number of hydrogen-bond donors (Lipinski definition) is 0. The van der Waals surface area contributed by atoms with E-state index in [1.54, 1.807) is 5.56 Å². The first-order chi connectivity index (χ1) is 23.8. The molecule has 0 N–H and O–H groups in total. The monoisotopic (exact) mass is 670 g/mol. The van der Waals surface area contributed by atoms with Crippen LogP contribution in [0.3, 0.4) is 0 Å². The largest absolute Gasteiger partial charge is 0.376 e. The highest BCUT2D eigenvalue weighted by Crippen LogP contribution is 2.63. The minimum atomic E-state index is -0.000538. The third-order valence-corrected chi connectivity index (χ3v) is 14.4. The molecule has 250 valence electrons. The molecule has 1 aliphatic carbocycles. The summed E-state index contributed by atoms with van der Waals surface area (Å²) in [4.78, 5) is 5.61. The van der Waals surface area contributed by atoms with Crippen molar-refractivity contribution in [3.05, 3.63) is 108 Å². The second-order valence-corrected chi connectivity index (χ2v) is 19.2. The smallest absolute Gasteiger partial charge is 0.333 e. The average Bonchev–Trinajstić information content (AvgIpc) is 3.55. The van der Waals surface area contributed by atoms with E-state index in [9.17, 15) is 0 Å². The van der Waals surface area contributed by atoms with Gasteiger partial charge in [-0.25, -0.2) is 0 Å². The van der Waals surface area contributed by atoms with E-state index < -0.39 is 0 Å². The number of thiophene rings is 1. The van der Waals surface area contributed by atoms with Crippen molar-refractivity contribution >= 4 is 72.0 Å². The fraction of sp³-hybridized carbons (Fsp3) is 0.348. The van der Waals surface area contributed by atoms with E-state index in [1.807, 2.05) is 11.3 Å². The van der Waals surface area contributed by atoms with Gasteiger partial charge < -0.3 is 9.71 Å². The molecule has 50 heavy (non-hydrogen) atoms. The van der Waals surface area contributed by atoms with Gasteiger partial charge in [-0.15, -0.1) is 11.3 Å². The maximum absolute atomic E-state index is 2.89. The Morgan fingerprint density at radius 2 is 1.36 bits per heavy atom. The molecule has 2 atom stereocenters. The summed E-state index contributed by atoms with van der Waals surface area (Å²) in [6.45, 7) is 19.7. The lowest BCUT2D eigenvalue weighted by atomic mass is 9.43. The molecule has 1 saturated carbocycles. The lowest BCUT2D eigenvalue weighted by Gasteiger charge is -2.53. The van der Waals surface area contributed by atoms with Crippen molar-refractivity contribution in [3.8, 4) is 11.1 Å². The highest BCUT2D eigenvalue weighted by atomic mass is 32.1. The molecule has 0 saturated heterocycles. The van der Waals surface area contributed by atoms with Gasteiger partial charge in [-0.05, 0) is 100 Å². The number of hydrogen-bond acceptors (Lipinski definition) is 3. The summed E-state index contributed by atoms with van der Waals surface area (Å²) in [5.41, 5.74) is 15.8. The Morgan fingerprint density at radius 3 is 2.12 bits per heavy atom. The molecule has 3 aliphatic heterocycles. The fourth-order valence-corrected chi connectivity index (χ4v) is 11.4. The molecule has 0 spiro atoms. The van der Waals surface area contributed by atoms with E-state index in [0.29, 0.717) is 0 Å². The first kappa shape index (κ1) is 30.8. The fourth-order valence-electron chi connectivity index (χ4n) is 10.3. The molecular formula is C46H47BN2S. The summed E-state index contributed by atoms with van der Waals surface area (Å²) in [5, 5.41) is 2.73.